The first kappa shape index (κ1) is 42.6. The van der Waals surface area contributed by atoms with Crippen LogP contribution in [0.2, 0.25) is 0 Å². The monoisotopic (exact) mass is 948 g/mol. The molecule has 2 atom stereocenters. The minimum absolute atomic E-state index is 0.339. The Morgan fingerprint density at radius 3 is 1.71 bits per heavy atom. The molecule has 1 aliphatic carbocycles. The van der Waals surface area contributed by atoms with Crippen LogP contribution in [0.4, 0.5) is 17.1 Å². The molecule has 11 aromatic rings. The van der Waals surface area contributed by atoms with E-state index in [4.69, 9.17) is 9.98 Å². The molecule has 0 radical (unpaired) electrons. The average Bonchev–Trinajstić information content (AvgIpc) is 4.11. The maximum atomic E-state index is 5.47. The van der Waals surface area contributed by atoms with Gasteiger partial charge < -0.3 is 15.1 Å². The van der Waals surface area contributed by atoms with E-state index in [-0.39, 0.29) is 6.17 Å². The van der Waals surface area contributed by atoms with E-state index in [0.29, 0.717) is 18.0 Å². The third-order valence-corrected chi connectivity index (χ3v) is 16.8. The van der Waals surface area contributed by atoms with E-state index in [1.54, 1.807) is 0 Å². The molecule has 14 rings (SSSR count). The zero-order chi connectivity index (χ0) is 47.7. The van der Waals surface area contributed by atoms with Crippen molar-refractivity contribution in [2.24, 2.45) is 15.9 Å². The standard InChI is InChI=1S/C65H52N6S/c1-69-58-29-10-11-30-59(58)70(64(69)45-16-3-2-4-17-45)50-38-36-44(37-39-50)47-19-13-18-46(40-47)42-32-34-43(35-33-42)48-20-14-21-49(41-48)62-66-63(55-26-15-25-54-53-24-7-12-31-60(53)72-61(54)55)68-65(67-62)71-56-27-8-5-22-51(56)52-23-6-9-28-57(52)71/h5-15,18-41,45,63-64H,2-4,16-17H2,1H3,(H,66,67,68). The summed E-state index contributed by atoms with van der Waals surface area (Å²) in [4.78, 5) is 16.0. The SMILES string of the molecule is CN1c2ccccc2N(c2ccc(-c3cccc(-c4ccc(-c5cccc(C6=NC(n7c8ccccc8c8ccccc87)=NC(c7cccc8c7sc7ccccc78)N6)c5)cc4)c3)cc2)C1C1CCCCC1. The number of aliphatic imine (C=N–C) groups is 2. The molecule has 9 aromatic carbocycles. The molecule has 2 aliphatic heterocycles. The zero-order valence-electron chi connectivity index (χ0n) is 40.1. The van der Waals surface area contributed by atoms with Gasteiger partial charge in [-0.25, -0.2) is 4.99 Å². The van der Waals surface area contributed by atoms with Crippen molar-refractivity contribution in [3.63, 3.8) is 0 Å². The van der Waals surface area contributed by atoms with Crippen molar-refractivity contribution in [3.8, 4) is 33.4 Å². The van der Waals surface area contributed by atoms with Gasteiger partial charge in [0.05, 0.1) is 22.4 Å². The largest absolute Gasteiger partial charge is 0.352 e. The molecule has 1 N–H and O–H groups in total. The first-order chi connectivity index (χ1) is 35.6. The molecule has 7 heteroatoms. The van der Waals surface area contributed by atoms with E-state index < -0.39 is 0 Å². The van der Waals surface area contributed by atoms with Gasteiger partial charge >= 0.3 is 0 Å². The van der Waals surface area contributed by atoms with Crippen LogP contribution in [-0.4, -0.2) is 29.6 Å². The average molecular weight is 949 g/mol. The van der Waals surface area contributed by atoms with E-state index in [9.17, 15) is 0 Å². The second kappa shape index (κ2) is 17.5. The van der Waals surface area contributed by atoms with Crippen molar-refractivity contribution >= 4 is 82.2 Å². The third-order valence-electron chi connectivity index (χ3n) is 15.5. The number of anilines is 3. The van der Waals surface area contributed by atoms with Gasteiger partial charge in [-0.1, -0.05) is 177 Å². The van der Waals surface area contributed by atoms with Crippen LogP contribution in [-0.2, 0) is 0 Å². The summed E-state index contributed by atoms with van der Waals surface area (Å²) < 4.78 is 4.74. The summed E-state index contributed by atoms with van der Waals surface area (Å²) in [5.74, 6) is 2.10. The summed E-state index contributed by atoms with van der Waals surface area (Å²) in [6.07, 6.45) is 6.56. The Balaban J connectivity index is 0.774. The number of hydrogen-bond donors (Lipinski definition) is 1. The van der Waals surface area contributed by atoms with Crippen LogP contribution >= 0.6 is 11.3 Å². The van der Waals surface area contributed by atoms with Gasteiger partial charge in [-0.2, -0.15) is 4.99 Å². The number of aromatic nitrogens is 1. The van der Waals surface area contributed by atoms with Gasteiger partial charge in [0.15, 0.2) is 6.17 Å². The van der Waals surface area contributed by atoms with Gasteiger partial charge in [-0.15, -0.1) is 11.3 Å². The number of para-hydroxylation sites is 4. The van der Waals surface area contributed by atoms with Gasteiger partial charge in [-0.3, -0.25) is 4.57 Å². The predicted octanol–water partition coefficient (Wildman–Crippen LogP) is 16.6. The molecule has 3 aliphatic rings. The van der Waals surface area contributed by atoms with Gasteiger partial charge in [0, 0.05) is 54.8 Å². The summed E-state index contributed by atoms with van der Waals surface area (Å²) in [5.41, 5.74) is 15.3. The Morgan fingerprint density at radius 1 is 0.486 bits per heavy atom. The second-order valence-electron chi connectivity index (χ2n) is 19.7. The molecule has 0 bridgehead atoms. The third kappa shape index (κ3) is 7.21. The molecule has 0 saturated heterocycles. The summed E-state index contributed by atoms with van der Waals surface area (Å²) in [6.45, 7) is 0. The molecule has 1 fully saturated rings. The fourth-order valence-corrected chi connectivity index (χ4v) is 13.3. The van der Waals surface area contributed by atoms with Gasteiger partial charge in [0.2, 0.25) is 5.96 Å². The molecular weight excluding hydrogens is 897 g/mol. The van der Waals surface area contributed by atoms with Crippen LogP contribution in [0.5, 0.6) is 0 Å². The van der Waals surface area contributed by atoms with Crippen LogP contribution in [0.25, 0.3) is 75.4 Å². The molecule has 6 nitrogen and oxygen atoms in total. The fourth-order valence-electron chi connectivity index (χ4n) is 12.0. The molecular formula is C65H52N6S. The number of fused-ring (bicyclic) bond motifs is 7. The Kier molecular flexibility index (Phi) is 10.4. The number of benzene rings is 9. The zero-order valence-corrected chi connectivity index (χ0v) is 40.9. The summed E-state index contributed by atoms with van der Waals surface area (Å²) in [7, 11) is 2.29. The highest BCUT2D eigenvalue weighted by atomic mass is 32.1. The van der Waals surface area contributed by atoms with E-state index in [0.717, 1.165) is 39.1 Å². The highest BCUT2D eigenvalue weighted by Crippen LogP contribution is 2.48. The summed E-state index contributed by atoms with van der Waals surface area (Å²) >= 11 is 1.83. The van der Waals surface area contributed by atoms with E-state index in [1.165, 1.54) is 102 Å². The highest BCUT2D eigenvalue weighted by molar-refractivity contribution is 7.26. The van der Waals surface area contributed by atoms with Crippen molar-refractivity contribution in [2.45, 2.75) is 44.4 Å². The van der Waals surface area contributed by atoms with Crippen LogP contribution in [0.1, 0.15) is 49.4 Å². The molecule has 72 heavy (non-hydrogen) atoms. The Morgan fingerprint density at radius 2 is 1.03 bits per heavy atom. The van der Waals surface area contributed by atoms with Crippen molar-refractivity contribution < 1.29 is 0 Å². The summed E-state index contributed by atoms with van der Waals surface area (Å²) in [6, 6.07) is 77.3. The van der Waals surface area contributed by atoms with Crippen LogP contribution in [0.15, 0.2) is 222 Å². The Labute approximate surface area is 423 Å². The Hall–Kier alpha value is -8.26. The second-order valence-corrected chi connectivity index (χ2v) is 20.7. The predicted molar refractivity (Wildman–Crippen MR) is 304 cm³/mol. The number of amidine groups is 1. The van der Waals surface area contributed by atoms with E-state index in [2.05, 4.69) is 239 Å². The molecule has 348 valence electrons. The quantitative estimate of drug-likeness (QED) is 0.173. The maximum absolute atomic E-state index is 5.47. The highest BCUT2D eigenvalue weighted by Gasteiger charge is 2.40. The number of hydrogen-bond acceptors (Lipinski definition) is 6. The normalized spacial score (nSPS) is 17.1. The first-order valence-corrected chi connectivity index (χ1v) is 26.3. The van der Waals surface area contributed by atoms with Crippen molar-refractivity contribution in [1.82, 2.24) is 9.88 Å². The molecule has 4 heterocycles. The molecule has 1 saturated carbocycles. The topological polar surface area (TPSA) is 48.2 Å². The van der Waals surface area contributed by atoms with E-state index in [1.807, 2.05) is 11.3 Å². The number of nitrogens with zero attached hydrogens (tertiary/aromatic N) is 5. The van der Waals surface area contributed by atoms with Crippen LogP contribution in [0.3, 0.4) is 0 Å². The molecule has 0 spiro atoms. The van der Waals surface area contributed by atoms with Crippen molar-refractivity contribution in [3.05, 3.63) is 223 Å². The molecule has 0 amide bonds. The van der Waals surface area contributed by atoms with Crippen molar-refractivity contribution in [2.75, 3.05) is 16.8 Å². The lowest BCUT2D eigenvalue weighted by molar-refractivity contribution is 0.306. The molecule has 2 aromatic heterocycles. The van der Waals surface area contributed by atoms with Crippen molar-refractivity contribution in [1.29, 1.82) is 0 Å². The molecule has 2 unspecified atom stereocenters. The minimum atomic E-state index is -0.371. The lowest BCUT2D eigenvalue weighted by atomic mass is 9.86. The van der Waals surface area contributed by atoms with Gasteiger partial charge in [0.25, 0.3) is 0 Å². The number of rotatable bonds is 7. The lowest BCUT2D eigenvalue weighted by Gasteiger charge is -2.39. The van der Waals surface area contributed by atoms with Gasteiger partial charge in [0.1, 0.15) is 12.0 Å². The first-order valence-electron chi connectivity index (χ1n) is 25.5. The Bertz CT molecular complexity index is 3880. The fraction of sp³-hybridized carbons (Fsp3) is 0.138. The minimum Gasteiger partial charge on any atom is -0.352 e. The van der Waals surface area contributed by atoms with Crippen LogP contribution < -0.4 is 15.1 Å². The summed E-state index contributed by atoms with van der Waals surface area (Å²) in [5, 5.41) is 8.71. The van der Waals surface area contributed by atoms with Crippen LogP contribution in [0, 0.1) is 5.92 Å². The number of thiophene rings is 1. The number of nitrogens with one attached hydrogen (secondary N) is 1. The lowest BCUT2D eigenvalue weighted by Crippen LogP contribution is -2.45. The maximum Gasteiger partial charge on any atom is 0.234 e. The smallest absolute Gasteiger partial charge is 0.234 e. The van der Waals surface area contributed by atoms with Gasteiger partial charge in [-0.05, 0) is 107 Å². The van der Waals surface area contributed by atoms with E-state index >= 15 is 0 Å².